The Balaban J connectivity index is 0.000000159. The van der Waals surface area contributed by atoms with E-state index in [1.165, 1.54) is 27.8 Å². The van der Waals surface area contributed by atoms with E-state index < -0.39 is 0 Å². The molecule has 0 amide bonds. The van der Waals surface area contributed by atoms with Gasteiger partial charge in [-0.3, -0.25) is 0 Å². The highest BCUT2D eigenvalue weighted by atomic mass is 15.0. The maximum absolute atomic E-state index is 5.14. The number of aromatic nitrogens is 10. The maximum Gasteiger partial charge on any atom is 0.164 e. The van der Waals surface area contributed by atoms with Crippen molar-refractivity contribution in [1.82, 2.24) is 49.8 Å². The molecule has 20 aromatic rings. The largest absolute Gasteiger partial charge is 0.228 e. The van der Waals surface area contributed by atoms with Crippen LogP contribution in [0.25, 0.3) is 203 Å². The molecule has 564 valence electrons. The number of rotatable bonds is 18. The third-order valence-electron chi connectivity index (χ3n) is 21.1. The van der Waals surface area contributed by atoms with Gasteiger partial charge in [0.05, 0.1) is 22.8 Å². The molecule has 0 spiro atoms. The van der Waals surface area contributed by atoms with E-state index in [0.29, 0.717) is 46.6 Å². The molecule has 0 N–H and O–H groups in total. The van der Waals surface area contributed by atoms with Crippen LogP contribution in [0.15, 0.2) is 449 Å². The van der Waals surface area contributed by atoms with Crippen LogP contribution in [0.1, 0.15) is 0 Å². The third-order valence-corrected chi connectivity index (χ3v) is 21.1. The zero-order chi connectivity index (χ0) is 80.2. The molecular weight excluding hydrogens is 1460 g/mol. The fourth-order valence-electron chi connectivity index (χ4n) is 15.0. The van der Waals surface area contributed by atoms with Gasteiger partial charge in [-0.15, -0.1) is 0 Å². The van der Waals surface area contributed by atoms with E-state index in [1.807, 2.05) is 164 Å². The monoisotopic (exact) mass is 1530 g/mol. The summed E-state index contributed by atoms with van der Waals surface area (Å²) in [6, 6.07) is 154. The second-order valence-electron chi connectivity index (χ2n) is 29.0. The second kappa shape index (κ2) is 34.4. The molecule has 120 heavy (non-hydrogen) atoms. The average molecular weight is 1540 g/mol. The van der Waals surface area contributed by atoms with Crippen molar-refractivity contribution in [3.63, 3.8) is 0 Å². The summed E-state index contributed by atoms with van der Waals surface area (Å²) in [6.45, 7) is 0. The van der Waals surface area contributed by atoms with Gasteiger partial charge < -0.3 is 0 Å². The van der Waals surface area contributed by atoms with Crippen LogP contribution in [0.5, 0.6) is 0 Å². The predicted octanol–water partition coefficient (Wildman–Crippen LogP) is 27.3. The van der Waals surface area contributed by atoms with Gasteiger partial charge in [0.15, 0.2) is 46.6 Å². The average Bonchev–Trinajstić information content (AvgIpc) is 0.794. The van der Waals surface area contributed by atoms with Crippen molar-refractivity contribution in [3.05, 3.63) is 449 Å². The van der Waals surface area contributed by atoms with Gasteiger partial charge in [-0.2, -0.15) is 0 Å². The molecule has 0 aliphatic rings. The first kappa shape index (κ1) is 73.8. The topological polar surface area (TPSA) is 129 Å². The van der Waals surface area contributed by atoms with E-state index in [2.05, 4.69) is 285 Å². The second-order valence-corrected chi connectivity index (χ2v) is 29.0. The lowest BCUT2D eigenvalue weighted by molar-refractivity contribution is 1.07. The minimum absolute atomic E-state index is 0.607. The van der Waals surface area contributed by atoms with Gasteiger partial charge in [-0.1, -0.05) is 413 Å². The van der Waals surface area contributed by atoms with Gasteiger partial charge in [-0.25, -0.2) is 49.8 Å². The molecule has 10 nitrogen and oxygen atoms in total. The number of benzene rings is 16. The quantitative estimate of drug-likeness (QED) is 0.0819. The summed E-state index contributed by atoms with van der Waals surface area (Å²) in [5, 5.41) is 0. The highest BCUT2D eigenvalue weighted by Gasteiger charge is 2.20. The molecule has 10 heteroatoms. The molecule has 0 saturated heterocycles. The fraction of sp³-hybridized carbons (Fsp3) is 0. The van der Waals surface area contributed by atoms with Crippen LogP contribution in [0.3, 0.4) is 0 Å². The smallest absolute Gasteiger partial charge is 0.164 e. The first-order chi connectivity index (χ1) is 59.4. The Morgan fingerprint density at radius 1 is 0.0917 bits per heavy atom. The lowest BCUT2D eigenvalue weighted by Crippen LogP contribution is -2.00. The van der Waals surface area contributed by atoms with Crippen molar-refractivity contribution in [3.8, 4) is 203 Å². The molecule has 0 atom stereocenters. The minimum atomic E-state index is 0.607. The fourth-order valence-corrected chi connectivity index (χ4v) is 15.0. The first-order valence-electron chi connectivity index (χ1n) is 40.0. The molecule has 16 aromatic carbocycles. The molecule has 0 unspecified atom stereocenters. The Morgan fingerprint density at radius 2 is 0.267 bits per heavy atom. The van der Waals surface area contributed by atoms with Crippen molar-refractivity contribution in [1.29, 1.82) is 0 Å². The van der Waals surface area contributed by atoms with E-state index in [9.17, 15) is 0 Å². The highest BCUT2D eigenvalue weighted by Crippen LogP contribution is 2.40. The van der Waals surface area contributed by atoms with Crippen LogP contribution in [0.4, 0.5) is 0 Å². The SMILES string of the molecule is c1ccc(-c2cc(-c3ccc(-c4cccc(-c5nc(-c6ccccc6)nc(-c6cccc(-c7ccccc7-c7ccccc7)c6)n5)c4)cc3)nc(-c3ccccc3)n2)cc1.c1ccc(-c2nc(-c3ccc(-c4cccc(-c5nc(-c6ccccc6)nc(-c6ccccc6)n5)c4)cc3)cc(-c3cccc(-c4ccccc4-c4ccccc4)c3)n2)cc1. The Morgan fingerprint density at radius 3 is 0.567 bits per heavy atom. The summed E-state index contributed by atoms with van der Waals surface area (Å²) in [7, 11) is 0. The van der Waals surface area contributed by atoms with Crippen molar-refractivity contribution in [2.45, 2.75) is 0 Å². The molecule has 0 radical (unpaired) electrons. The molecule has 0 bridgehead atoms. The van der Waals surface area contributed by atoms with Crippen LogP contribution in [0, 0.1) is 0 Å². The van der Waals surface area contributed by atoms with Crippen LogP contribution in [-0.4, -0.2) is 49.8 Å². The van der Waals surface area contributed by atoms with Crippen molar-refractivity contribution in [2.24, 2.45) is 0 Å². The van der Waals surface area contributed by atoms with Crippen molar-refractivity contribution in [2.75, 3.05) is 0 Å². The van der Waals surface area contributed by atoms with E-state index in [-0.39, 0.29) is 0 Å². The Bertz CT molecular complexity index is 6850. The summed E-state index contributed by atoms with van der Waals surface area (Å²) >= 11 is 0. The summed E-state index contributed by atoms with van der Waals surface area (Å²) in [6.07, 6.45) is 0. The van der Waals surface area contributed by atoms with Gasteiger partial charge in [0.2, 0.25) is 0 Å². The standard InChI is InChI=1S/2C55H37N5/c1-5-17-39(18-6-1)48-29-13-14-30-49(48)45-26-16-27-46(36-45)51-37-50(56-52(57-51)41-19-7-2-8-20-41)40-33-31-38(32-34-40)44-25-15-28-47(35-44)55-59-53(42-21-9-3-10-22-42)58-54(60-55)43-23-11-4-12-24-43;1-5-17-39(18-6-1)48-29-13-14-30-49(48)45-26-16-28-47(36-45)55-59-53(43-23-11-4-12-24-43)58-54(60-55)46-27-15-25-44(35-46)38-31-33-41(34-32-38)51-37-50(40-19-7-2-8-20-40)56-52(57-51)42-21-9-3-10-22-42/h2*1-37H. The summed E-state index contributed by atoms with van der Waals surface area (Å²) in [5.41, 5.74) is 28.5. The van der Waals surface area contributed by atoms with Gasteiger partial charge >= 0.3 is 0 Å². The molecular formula is C110H74N10. The molecule has 0 saturated carbocycles. The lowest BCUT2D eigenvalue weighted by atomic mass is 9.93. The van der Waals surface area contributed by atoms with Crippen LogP contribution >= 0.6 is 0 Å². The highest BCUT2D eigenvalue weighted by molar-refractivity contribution is 5.88. The van der Waals surface area contributed by atoms with Crippen molar-refractivity contribution < 1.29 is 0 Å². The number of hydrogen-bond donors (Lipinski definition) is 0. The van der Waals surface area contributed by atoms with Gasteiger partial charge in [0.25, 0.3) is 0 Å². The molecule has 20 rings (SSSR count). The lowest BCUT2D eigenvalue weighted by Gasteiger charge is -2.13. The molecule has 4 aromatic heterocycles. The van der Waals surface area contributed by atoms with Crippen LogP contribution in [0.2, 0.25) is 0 Å². The van der Waals surface area contributed by atoms with Crippen LogP contribution < -0.4 is 0 Å². The summed E-state index contributed by atoms with van der Waals surface area (Å²) < 4.78 is 0. The predicted molar refractivity (Wildman–Crippen MR) is 489 cm³/mol. The number of hydrogen-bond acceptors (Lipinski definition) is 10. The first-order valence-corrected chi connectivity index (χ1v) is 40.0. The molecule has 0 fully saturated rings. The Hall–Kier alpha value is -16.3. The normalized spacial score (nSPS) is 11.0. The zero-order valence-electron chi connectivity index (χ0n) is 65.2. The Labute approximate surface area is 697 Å². The van der Waals surface area contributed by atoms with E-state index >= 15 is 0 Å². The molecule has 0 aliphatic carbocycles. The van der Waals surface area contributed by atoms with Gasteiger partial charge in [0.1, 0.15) is 0 Å². The van der Waals surface area contributed by atoms with E-state index in [4.69, 9.17) is 49.8 Å². The summed E-state index contributed by atoms with van der Waals surface area (Å²) in [4.78, 5) is 50.3. The van der Waals surface area contributed by atoms with Gasteiger partial charge in [-0.05, 0) is 103 Å². The maximum atomic E-state index is 5.14. The summed E-state index contributed by atoms with van der Waals surface area (Å²) in [5.74, 6) is 5.11. The molecule has 0 aliphatic heterocycles. The number of nitrogens with zero attached hydrogens (tertiary/aromatic N) is 10. The van der Waals surface area contributed by atoms with E-state index in [1.54, 1.807) is 0 Å². The zero-order valence-corrected chi connectivity index (χ0v) is 65.2. The minimum Gasteiger partial charge on any atom is -0.228 e. The van der Waals surface area contributed by atoms with Crippen LogP contribution in [-0.2, 0) is 0 Å². The van der Waals surface area contributed by atoms with E-state index in [0.717, 1.165) is 128 Å². The van der Waals surface area contributed by atoms with Crippen molar-refractivity contribution >= 4 is 0 Å². The third kappa shape index (κ3) is 16.5. The molecule has 4 heterocycles. The van der Waals surface area contributed by atoms with Gasteiger partial charge in [0, 0.05) is 66.8 Å². The Kier molecular flexibility index (Phi) is 21.2.